The molecule has 0 saturated carbocycles. The van der Waals surface area contributed by atoms with Gasteiger partial charge in [0.25, 0.3) is 0 Å². The Morgan fingerprint density at radius 2 is 0.593 bits per heavy atom. The first-order valence-electron chi connectivity index (χ1n) is 8.12. The SMILES string of the molecule is Ic1ccc(-c2nc(-c3ccc(I)cc3)nc(-c3ccc(I)cc3)n2)cc1. The summed E-state index contributed by atoms with van der Waals surface area (Å²) in [4.78, 5) is 14.2. The molecule has 6 heteroatoms. The van der Waals surface area contributed by atoms with Crippen LogP contribution in [0.1, 0.15) is 0 Å². The Morgan fingerprint density at radius 3 is 0.815 bits per heavy atom. The Hall–Kier alpha value is -1.14. The van der Waals surface area contributed by atoms with Crippen molar-refractivity contribution < 1.29 is 0 Å². The predicted molar refractivity (Wildman–Crippen MR) is 134 cm³/mol. The predicted octanol–water partition coefficient (Wildman–Crippen LogP) is 6.69. The van der Waals surface area contributed by atoms with E-state index >= 15 is 0 Å². The molecule has 0 bridgehead atoms. The molecule has 0 aliphatic carbocycles. The lowest BCUT2D eigenvalue weighted by atomic mass is 10.1. The third-order valence-electron chi connectivity index (χ3n) is 3.94. The minimum atomic E-state index is 0.684. The van der Waals surface area contributed by atoms with E-state index in [0.717, 1.165) is 16.7 Å². The van der Waals surface area contributed by atoms with E-state index in [1.165, 1.54) is 10.7 Å². The Balaban J connectivity index is 1.89. The van der Waals surface area contributed by atoms with Crippen molar-refractivity contribution in [3.8, 4) is 34.2 Å². The van der Waals surface area contributed by atoms with Crippen molar-refractivity contribution in [3.05, 3.63) is 83.5 Å². The fourth-order valence-electron chi connectivity index (χ4n) is 2.56. The van der Waals surface area contributed by atoms with Gasteiger partial charge in [-0.1, -0.05) is 36.4 Å². The van der Waals surface area contributed by atoms with Gasteiger partial charge in [0.2, 0.25) is 0 Å². The molecule has 0 aliphatic rings. The highest BCUT2D eigenvalue weighted by Gasteiger charge is 2.12. The van der Waals surface area contributed by atoms with Crippen LogP contribution in [0.4, 0.5) is 0 Å². The van der Waals surface area contributed by atoms with Crippen molar-refractivity contribution in [3.63, 3.8) is 0 Å². The molecule has 0 amide bonds. The maximum atomic E-state index is 4.75. The standard InChI is InChI=1S/C21H12I3N3/c22-16-7-1-13(2-8-16)19-25-20(14-3-9-17(23)10-4-14)27-21(26-19)15-5-11-18(24)12-6-15/h1-12H. The quantitative estimate of drug-likeness (QED) is 0.226. The fourth-order valence-corrected chi connectivity index (χ4v) is 3.64. The molecule has 4 aromatic rings. The maximum absolute atomic E-state index is 4.75. The topological polar surface area (TPSA) is 38.7 Å². The van der Waals surface area contributed by atoms with Crippen LogP contribution < -0.4 is 0 Å². The summed E-state index contributed by atoms with van der Waals surface area (Å²) in [5, 5.41) is 0. The Bertz CT molecular complexity index is 923. The number of halogens is 3. The third-order valence-corrected chi connectivity index (χ3v) is 6.10. The van der Waals surface area contributed by atoms with Crippen molar-refractivity contribution in [2.75, 3.05) is 0 Å². The molecule has 3 nitrogen and oxygen atoms in total. The molecule has 27 heavy (non-hydrogen) atoms. The molecule has 0 saturated heterocycles. The van der Waals surface area contributed by atoms with Gasteiger partial charge >= 0.3 is 0 Å². The molecule has 132 valence electrons. The van der Waals surface area contributed by atoms with Gasteiger partial charge in [-0.2, -0.15) is 0 Å². The summed E-state index contributed by atoms with van der Waals surface area (Å²) in [7, 11) is 0. The molecule has 3 aromatic carbocycles. The highest BCUT2D eigenvalue weighted by molar-refractivity contribution is 14.1. The van der Waals surface area contributed by atoms with Crippen LogP contribution in [0.15, 0.2) is 72.8 Å². The van der Waals surface area contributed by atoms with Gasteiger partial charge in [-0.25, -0.2) is 15.0 Å². The lowest BCUT2D eigenvalue weighted by molar-refractivity contribution is 1.07. The second-order valence-corrected chi connectivity index (χ2v) is 9.56. The normalized spacial score (nSPS) is 10.8. The van der Waals surface area contributed by atoms with E-state index in [9.17, 15) is 0 Å². The van der Waals surface area contributed by atoms with E-state index in [1.54, 1.807) is 0 Å². The van der Waals surface area contributed by atoms with E-state index in [-0.39, 0.29) is 0 Å². The number of aromatic nitrogens is 3. The van der Waals surface area contributed by atoms with Gasteiger partial charge in [0.05, 0.1) is 0 Å². The highest BCUT2D eigenvalue weighted by atomic mass is 127. The number of hydrogen-bond acceptors (Lipinski definition) is 3. The maximum Gasteiger partial charge on any atom is 0.164 e. The van der Waals surface area contributed by atoms with E-state index in [2.05, 4.69) is 104 Å². The summed E-state index contributed by atoms with van der Waals surface area (Å²) in [5.74, 6) is 2.05. The smallest absolute Gasteiger partial charge is 0.164 e. The summed E-state index contributed by atoms with van der Waals surface area (Å²) in [6.07, 6.45) is 0. The van der Waals surface area contributed by atoms with Crippen LogP contribution in [-0.4, -0.2) is 15.0 Å². The van der Waals surface area contributed by atoms with Crippen LogP contribution in [0.3, 0.4) is 0 Å². The van der Waals surface area contributed by atoms with Crippen LogP contribution in [0.5, 0.6) is 0 Å². The molecule has 1 aromatic heterocycles. The van der Waals surface area contributed by atoms with Gasteiger partial charge in [0.15, 0.2) is 17.5 Å². The minimum absolute atomic E-state index is 0.684. The number of benzene rings is 3. The van der Waals surface area contributed by atoms with Crippen molar-refractivity contribution >= 4 is 67.8 Å². The van der Waals surface area contributed by atoms with E-state index in [4.69, 9.17) is 15.0 Å². The molecule has 0 N–H and O–H groups in total. The lowest BCUT2D eigenvalue weighted by Crippen LogP contribution is -2.00. The van der Waals surface area contributed by atoms with Crippen LogP contribution in [0.2, 0.25) is 0 Å². The lowest BCUT2D eigenvalue weighted by Gasteiger charge is -2.08. The molecule has 1 heterocycles. The molecule has 0 radical (unpaired) electrons. The average molecular weight is 687 g/mol. The molecule has 0 atom stereocenters. The fraction of sp³-hybridized carbons (Fsp3) is 0. The second-order valence-electron chi connectivity index (χ2n) is 5.83. The number of hydrogen-bond donors (Lipinski definition) is 0. The molecule has 4 rings (SSSR count). The molecule has 0 fully saturated rings. The number of rotatable bonds is 3. The van der Waals surface area contributed by atoms with Crippen molar-refractivity contribution in [2.24, 2.45) is 0 Å². The van der Waals surface area contributed by atoms with E-state index in [1.807, 2.05) is 36.4 Å². The first-order valence-corrected chi connectivity index (χ1v) is 11.4. The zero-order valence-electron chi connectivity index (χ0n) is 13.9. The zero-order valence-corrected chi connectivity index (χ0v) is 20.4. The van der Waals surface area contributed by atoms with Gasteiger partial charge in [0.1, 0.15) is 0 Å². The van der Waals surface area contributed by atoms with Gasteiger partial charge in [-0.05, 0) is 104 Å². The van der Waals surface area contributed by atoms with Crippen molar-refractivity contribution in [1.29, 1.82) is 0 Å². The van der Waals surface area contributed by atoms with Crippen molar-refractivity contribution in [1.82, 2.24) is 15.0 Å². The second kappa shape index (κ2) is 8.48. The van der Waals surface area contributed by atoms with E-state index < -0.39 is 0 Å². The number of nitrogens with zero attached hydrogens (tertiary/aromatic N) is 3. The van der Waals surface area contributed by atoms with Gasteiger partial charge < -0.3 is 0 Å². The Labute approximate surface area is 198 Å². The summed E-state index contributed by atoms with van der Waals surface area (Å²) in [6, 6.07) is 24.7. The Kier molecular flexibility index (Phi) is 6.02. The average Bonchev–Trinajstić information content (AvgIpc) is 2.69. The summed E-state index contributed by atoms with van der Waals surface area (Å²) in [5.41, 5.74) is 2.95. The molecule has 0 aliphatic heterocycles. The molecular formula is C21H12I3N3. The summed E-state index contributed by atoms with van der Waals surface area (Å²) in [6.45, 7) is 0. The minimum Gasteiger partial charge on any atom is -0.208 e. The van der Waals surface area contributed by atoms with Crippen LogP contribution in [0, 0.1) is 10.7 Å². The van der Waals surface area contributed by atoms with Gasteiger partial charge in [-0.15, -0.1) is 0 Å². The monoisotopic (exact) mass is 687 g/mol. The first-order chi connectivity index (χ1) is 13.1. The van der Waals surface area contributed by atoms with E-state index in [0.29, 0.717) is 17.5 Å². The van der Waals surface area contributed by atoms with Crippen molar-refractivity contribution in [2.45, 2.75) is 0 Å². The highest BCUT2D eigenvalue weighted by Crippen LogP contribution is 2.25. The Morgan fingerprint density at radius 1 is 0.370 bits per heavy atom. The molecule has 0 unspecified atom stereocenters. The third kappa shape index (κ3) is 4.65. The zero-order chi connectivity index (χ0) is 18.8. The molecular weight excluding hydrogens is 675 g/mol. The van der Waals surface area contributed by atoms with Gasteiger partial charge in [0, 0.05) is 27.4 Å². The summed E-state index contributed by atoms with van der Waals surface area (Å²) >= 11 is 6.90. The van der Waals surface area contributed by atoms with Gasteiger partial charge in [-0.3, -0.25) is 0 Å². The molecule has 0 spiro atoms. The van der Waals surface area contributed by atoms with Crippen LogP contribution >= 0.6 is 67.8 Å². The first kappa shape index (κ1) is 19.2. The van der Waals surface area contributed by atoms with Crippen LogP contribution in [0.25, 0.3) is 34.2 Å². The van der Waals surface area contributed by atoms with Crippen LogP contribution in [-0.2, 0) is 0 Å². The summed E-state index contributed by atoms with van der Waals surface area (Å²) < 4.78 is 3.54. The largest absolute Gasteiger partial charge is 0.208 e.